The molecule has 0 aliphatic heterocycles. The van der Waals surface area contributed by atoms with Gasteiger partial charge in [0.1, 0.15) is 0 Å². The zero-order valence-corrected chi connectivity index (χ0v) is 11.1. The molecule has 1 fully saturated rings. The topological polar surface area (TPSA) is 84.3 Å². The Morgan fingerprint density at radius 3 is 2.95 bits per heavy atom. The van der Waals surface area contributed by atoms with E-state index in [0.29, 0.717) is 5.52 Å². The van der Waals surface area contributed by atoms with Crippen molar-refractivity contribution < 1.29 is 14.6 Å². The average Bonchev–Trinajstić information content (AvgIpc) is 2.99. The number of H-pyrrole nitrogens is 1. The van der Waals surface area contributed by atoms with Crippen molar-refractivity contribution in [3.05, 3.63) is 34.2 Å². The predicted molar refractivity (Wildman–Crippen MR) is 73.2 cm³/mol. The van der Waals surface area contributed by atoms with E-state index in [-0.39, 0.29) is 23.4 Å². The van der Waals surface area contributed by atoms with E-state index in [1.165, 1.54) is 12.1 Å². The molecule has 0 spiro atoms. The number of carboxylic acids is 1. The van der Waals surface area contributed by atoms with Crippen molar-refractivity contribution in [3.8, 4) is 0 Å². The smallest absolute Gasteiger partial charge is 0.335 e. The lowest BCUT2D eigenvalue weighted by Crippen LogP contribution is -2.28. The highest BCUT2D eigenvalue weighted by atomic mass is 16.5. The summed E-state index contributed by atoms with van der Waals surface area (Å²) in [5.41, 5.74) is 1.24. The molecule has 2 unspecified atom stereocenters. The number of aromatic amines is 1. The van der Waals surface area contributed by atoms with E-state index in [9.17, 15) is 9.59 Å². The third-order valence-corrected chi connectivity index (χ3v) is 4.02. The number of hydrogen-bond donors (Lipinski definition) is 2. The van der Waals surface area contributed by atoms with Gasteiger partial charge in [-0.05, 0) is 37.5 Å². The second-order valence-electron chi connectivity index (χ2n) is 5.11. The van der Waals surface area contributed by atoms with Crippen LogP contribution >= 0.6 is 0 Å². The zero-order chi connectivity index (χ0) is 14.3. The van der Waals surface area contributed by atoms with Crippen LogP contribution in [0.2, 0.25) is 0 Å². The molecule has 20 heavy (non-hydrogen) atoms. The molecule has 6 nitrogen and oxygen atoms in total. The first-order chi connectivity index (χ1) is 9.61. The van der Waals surface area contributed by atoms with Crippen molar-refractivity contribution >= 4 is 17.0 Å². The minimum absolute atomic E-state index is 0.0110. The Bertz CT molecular complexity index is 716. The van der Waals surface area contributed by atoms with E-state index in [1.54, 1.807) is 17.7 Å². The number of methoxy groups -OCH3 is 1. The van der Waals surface area contributed by atoms with Crippen molar-refractivity contribution in [2.75, 3.05) is 7.11 Å². The van der Waals surface area contributed by atoms with Gasteiger partial charge in [-0.25, -0.2) is 9.59 Å². The van der Waals surface area contributed by atoms with Gasteiger partial charge >= 0.3 is 11.7 Å². The first kappa shape index (κ1) is 12.9. The fraction of sp³-hybridized carbons (Fsp3) is 0.429. The summed E-state index contributed by atoms with van der Waals surface area (Å²) in [6.07, 6.45) is 2.89. The third-order valence-electron chi connectivity index (χ3n) is 4.02. The van der Waals surface area contributed by atoms with Gasteiger partial charge in [0.2, 0.25) is 0 Å². The molecule has 6 heteroatoms. The highest BCUT2D eigenvalue weighted by Gasteiger charge is 2.31. The van der Waals surface area contributed by atoms with E-state index in [1.807, 2.05) is 0 Å². The van der Waals surface area contributed by atoms with Crippen LogP contribution in [0, 0.1) is 0 Å². The molecule has 2 atom stereocenters. The van der Waals surface area contributed by atoms with Crippen LogP contribution in [-0.4, -0.2) is 33.8 Å². The Morgan fingerprint density at radius 2 is 2.25 bits per heavy atom. The Kier molecular flexibility index (Phi) is 3.10. The molecule has 3 rings (SSSR count). The minimum atomic E-state index is -1.00. The minimum Gasteiger partial charge on any atom is -0.478 e. The summed E-state index contributed by atoms with van der Waals surface area (Å²) < 4.78 is 7.14. The number of benzene rings is 1. The van der Waals surface area contributed by atoms with Crippen LogP contribution in [0.4, 0.5) is 0 Å². The molecule has 1 aliphatic rings. The number of ether oxygens (including phenoxy) is 1. The van der Waals surface area contributed by atoms with Crippen LogP contribution in [0.5, 0.6) is 0 Å². The van der Waals surface area contributed by atoms with Gasteiger partial charge in [-0.3, -0.25) is 4.57 Å². The number of rotatable bonds is 3. The Morgan fingerprint density at radius 1 is 1.45 bits per heavy atom. The number of aromatic carboxylic acids is 1. The van der Waals surface area contributed by atoms with E-state index in [0.717, 1.165) is 24.8 Å². The number of imidazole rings is 1. The molecule has 0 bridgehead atoms. The quantitative estimate of drug-likeness (QED) is 0.894. The number of hydrogen-bond acceptors (Lipinski definition) is 3. The molecule has 106 valence electrons. The van der Waals surface area contributed by atoms with Gasteiger partial charge in [-0.15, -0.1) is 0 Å². The second-order valence-corrected chi connectivity index (χ2v) is 5.11. The number of carboxylic acid groups (broad SMARTS) is 1. The zero-order valence-electron chi connectivity index (χ0n) is 11.1. The van der Waals surface area contributed by atoms with Crippen LogP contribution in [0.25, 0.3) is 11.0 Å². The highest BCUT2D eigenvalue weighted by Crippen LogP contribution is 2.33. The fourth-order valence-electron chi connectivity index (χ4n) is 3.07. The number of fused-ring (bicyclic) bond motifs is 1. The lowest BCUT2D eigenvalue weighted by Gasteiger charge is -2.19. The maximum atomic E-state index is 12.2. The Labute approximate surface area is 115 Å². The van der Waals surface area contributed by atoms with E-state index in [4.69, 9.17) is 9.84 Å². The molecular formula is C14H16N2O4. The summed E-state index contributed by atoms with van der Waals surface area (Å²) in [7, 11) is 1.66. The monoisotopic (exact) mass is 276 g/mol. The first-order valence-electron chi connectivity index (χ1n) is 6.62. The van der Waals surface area contributed by atoms with Gasteiger partial charge in [0, 0.05) is 7.11 Å². The molecule has 1 aromatic carbocycles. The predicted octanol–water partition coefficient (Wildman–Crippen LogP) is 1.77. The SMILES string of the molecule is COC1CCCC1n1c(=O)[nH]c2cc(C(=O)O)ccc21. The van der Waals surface area contributed by atoms with Crippen LogP contribution in [0.3, 0.4) is 0 Å². The lowest BCUT2D eigenvalue weighted by atomic mass is 10.1. The van der Waals surface area contributed by atoms with Crippen LogP contribution in [-0.2, 0) is 4.74 Å². The summed E-state index contributed by atoms with van der Waals surface area (Å²) in [5, 5.41) is 8.99. The van der Waals surface area contributed by atoms with Crippen LogP contribution < -0.4 is 5.69 Å². The van der Waals surface area contributed by atoms with E-state index in [2.05, 4.69) is 4.98 Å². The normalized spacial score (nSPS) is 22.4. The molecule has 1 heterocycles. The van der Waals surface area contributed by atoms with Crippen molar-refractivity contribution in [1.82, 2.24) is 9.55 Å². The fourth-order valence-corrected chi connectivity index (χ4v) is 3.07. The van der Waals surface area contributed by atoms with Gasteiger partial charge in [0.25, 0.3) is 0 Å². The van der Waals surface area contributed by atoms with Gasteiger partial charge in [0.05, 0.1) is 28.7 Å². The highest BCUT2D eigenvalue weighted by molar-refractivity contribution is 5.92. The van der Waals surface area contributed by atoms with Gasteiger partial charge in [0.15, 0.2) is 0 Å². The number of nitrogens with one attached hydrogen (secondary N) is 1. The van der Waals surface area contributed by atoms with Crippen LogP contribution in [0.1, 0.15) is 35.7 Å². The van der Waals surface area contributed by atoms with Gasteiger partial charge in [-0.1, -0.05) is 0 Å². The molecule has 2 N–H and O–H groups in total. The standard InChI is InChI=1S/C14H16N2O4/c1-20-12-4-2-3-11(12)16-10-6-5-8(13(17)18)7-9(10)15-14(16)19/h5-7,11-12H,2-4H2,1H3,(H,15,19)(H,17,18). The summed E-state index contributed by atoms with van der Waals surface area (Å²) in [6.45, 7) is 0. The number of nitrogens with zero attached hydrogens (tertiary/aromatic N) is 1. The summed E-state index contributed by atoms with van der Waals surface area (Å²) >= 11 is 0. The molecule has 1 aromatic heterocycles. The molecule has 0 saturated heterocycles. The van der Waals surface area contributed by atoms with Crippen molar-refractivity contribution in [3.63, 3.8) is 0 Å². The van der Waals surface area contributed by atoms with Crippen molar-refractivity contribution in [1.29, 1.82) is 0 Å². The Balaban J connectivity index is 2.14. The largest absolute Gasteiger partial charge is 0.478 e. The van der Waals surface area contributed by atoms with Gasteiger partial charge in [-0.2, -0.15) is 0 Å². The summed E-state index contributed by atoms with van der Waals surface area (Å²) in [4.78, 5) is 25.9. The van der Waals surface area contributed by atoms with E-state index < -0.39 is 5.97 Å². The Hall–Kier alpha value is -2.08. The lowest BCUT2D eigenvalue weighted by molar-refractivity contribution is 0.0696. The average molecular weight is 276 g/mol. The molecule has 1 saturated carbocycles. The third kappa shape index (κ3) is 1.92. The maximum Gasteiger partial charge on any atom is 0.335 e. The summed E-state index contributed by atoms with van der Waals surface area (Å²) in [5.74, 6) is -1.00. The summed E-state index contributed by atoms with van der Waals surface area (Å²) in [6, 6.07) is 4.70. The molecule has 1 aliphatic carbocycles. The molecule has 0 amide bonds. The molecule has 2 aromatic rings. The molecule has 0 radical (unpaired) electrons. The molecular weight excluding hydrogens is 260 g/mol. The van der Waals surface area contributed by atoms with E-state index >= 15 is 0 Å². The van der Waals surface area contributed by atoms with Crippen LogP contribution in [0.15, 0.2) is 23.0 Å². The number of carbonyl (C=O) groups is 1. The van der Waals surface area contributed by atoms with Gasteiger partial charge < -0.3 is 14.8 Å². The van der Waals surface area contributed by atoms with Crippen molar-refractivity contribution in [2.45, 2.75) is 31.4 Å². The first-order valence-corrected chi connectivity index (χ1v) is 6.62. The second kappa shape index (κ2) is 4.79. The maximum absolute atomic E-state index is 12.2. The number of aromatic nitrogens is 2. The van der Waals surface area contributed by atoms with Crippen molar-refractivity contribution in [2.24, 2.45) is 0 Å².